The third kappa shape index (κ3) is 9.53. The first-order chi connectivity index (χ1) is 6.16. The van der Waals surface area contributed by atoms with Gasteiger partial charge in [-0.1, -0.05) is 19.9 Å². The van der Waals surface area contributed by atoms with Crippen LogP contribution in [0.2, 0.25) is 0 Å². The molecule has 0 aromatic carbocycles. The first-order valence-electron chi connectivity index (χ1n) is 4.74. The maximum Gasteiger partial charge on any atom is 0.0897 e. The molecule has 0 saturated heterocycles. The second-order valence-electron chi connectivity index (χ2n) is 3.53. The number of aliphatic hydroxyl groups is 1. The number of hydrogen-bond donors (Lipinski definition) is 2. The van der Waals surface area contributed by atoms with Crippen LogP contribution in [-0.2, 0) is 4.74 Å². The molecule has 0 aromatic rings. The van der Waals surface area contributed by atoms with E-state index in [1.54, 1.807) is 6.08 Å². The van der Waals surface area contributed by atoms with Crippen molar-refractivity contribution in [3.05, 3.63) is 12.7 Å². The third-order valence-electron chi connectivity index (χ3n) is 1.43. The Labute approximate surface area is 80.8 Å². The van der Waals surface area contributed by atoms with Gasteiger partial charge in [0.1, 0.15) is 0 Å². The molecule has 3 nitrogen and oxygen atoms in total. The highest BCUT2D eigenvalue weighted by Crippen LogP contribution is 1.93. The van der Waals surface area contributed by atoms with Gasteiger partial charge in [0, 0.05) is 19.7 Å². The minimum absolute atomic E-state index is 0.405. The van der Waals surface area contributed by atoms with Crippen LogP contribution in [0.15, 0.2) is 12.7 Å². The molecule has 0 rings (SSSR count). The summed E-state index contributed by atoms with van der Waals surface area (Å²) in [5.74, 6) is 0.522. The number of aliphatic hydroxyl groups excluding tert-OH is 1. The highest BCUT2D eigenvalue weighted by molar-refractivity contribution is 4.71. The molecule has 0 bridgehead atoms. The topological polar surface area (TPSA) is 41.5 Å². The van der Waals surface area contributed by atoms with Gasteiger partial charge in [-0.05, 0) is 5.92 Å². The van der Waals surface area contributed by atoms with Crippen molar-refractivity contribution in [3.63, 3.8) is 0 Å². The molecule has 1 atom stereocenters. The van der Waals surface area contributed by atoms with Crippen LogP contribution in [0.1, 0.15) is 13.8 Å². The standard InChI is InChI=1S/C10H21NO2/c1-4-5-11-6-10(12)8-13-7-9(2)3/h4,9-12H,1,5-8H2,2-3H3. The number of rotatable bonds is 8. The van der Waals surface area contributed by atoms with E-state index in [0.717, 1.165) is 6.54 Å². The molecule has 0 saturated carbocycles. The van der Waals surface area contributed by atoms with Gasteiger partial charge < -0.3 is 15.2 Å². The summed E-state index contributed by atoms with van der Waals surface area (Å²) < 4.78 is 5.27. The lowest BCUT2D eigenvalue weighted by atomic mass is 10.2. The highest BCUT2D eigenvalue weighted by atomic mass is 16.5. The number of hydrogen-bond acceptors (Lipinski definition) is 3. The van der Waals surface area contributed by atoms with Gasteiger partial charge in [-0.25, -0.2) is 0 Å². The maximum atomic E-state index is 9.37. The molecule has 0 radical (unpaired) electrons. The second kappa shape index (κ2) is 8.23. The quantitative estimate of drug-likeness (QED) is 0.436. The maximum absolute atomic E-state index is 9.37. The van der Waals surface area contributed by atoms with E-state index in [4.69, 9.17) is 4.74 Å². The Hall–Kier alpha value is -0.380. The zero-order valence-electron chi connectivity index (χ0n) is 8.62. The fourth-order valence-corrected chi connectivity index (χ4v) is 0.851. The van der Waals surface area contributed by atoms with Crippen LogP contribution >= 0.6 is 0 Å². The van der Waals surface area contributed by atoms with Crippen LogP contribution in [-0.4, -0.2) is 37.5 Å². The van der Waals surface area contributed by atoms with E-state index in [2.05, 4.69) is 25.7 Å². The van der Waals surface area contributed by atoms with Crippen molar-refractivity contribution in [2.45, 2.75) is 20.0 Å². The Balaban J connectivity index is 3.19. The van der Waals surface area contributed by atoms with Crippen molar-refractivity contribution >= 4 is 0 Å². The summed E-state index contributed by atoms with van der Waals surface area (Å²) in [6.07, 6.45) is 1.35. The molecule has 3 heteroatoms. The van der Waals surface area contributed by atoms with Gasteiger partial charge in [-0.2, -0.15) is 0 Å². The Kier molecular flexibility index (Phi) is 7.99. The monoisotopic (exact) mass is 187 g/mol. The Morgan fingerprint density at radius 3 is 2.69 bits per heavy atom. The van der Waals surface area contributed by atoms with Gasteiger partial charge in [0.2, 0.25) is 0 Å². The lowest BCUT2D eigenvalue weighted by Crippen LogP contribution is -2.30. The largest absolute Gasteiger partial charge is 0.389 e. The Bertz CT molecular complexity index is 126. The minimum Gasteiger partial charge on any atom is -0.389 e. The summed E-state index contributed by atoms with van der Waals surface area (Å²) in [7, 11) is 0. The molecule has 0 fully saturated rings. The Morgan fingerprint density at radius 2 is 2.15 bits per heavy atom. The molecule has 0 heterocycles. The van der Waals surface area contributed by atoms with E-state index in [1.807, 2.05) is 0 Å². The van der Waals surface area contributed by atoms with Gasteiger partial charge in [0.05, 0.1) is 12.7 Å². The molecule has 0 aliphatic carbocycles. The van der Waals surface area contributed by atoms with Crippen LogP contribution in [0.3, 0.4) is 0 Å². The third-order valence-corrected chi connectivity index (χ3v) is 1.43. The molecule has 2 N–H and O–H groups in total. The van der Waals surface area contributed by atoms with Crippen LogP contribution in [0.25, 0.3) is 0 Å². The molecule has 0 aliphatic rings. The van der Waals surface area contributed by atoms with Crippen molar-refractivity contribution < 1.29 is 9.84 Å². The van der Waals surface area contributed by atoms with Gasteiger partial charge in [-0.3, -0.25) is 0 Å². The lowest BCUT2D eigenvalue weighted by Gasteiger charge is -2.12. The zero-order chi connectivity index (χ0) is 10.1. The van der Waals surface area contributed by atoms with Crippen molar-refractivity contribution in [2.24, 2.45) is 5.92 Å². The van der Waals surface area contributed by atoms with Crippen molar-refractivity contribution in [2.75, 3.05) is 26.3 Å². The van der Waals surface area contributed by atoms with E-state index in [1.165, 1.54) is 0 Å². The van der Waals surface area contributed by atoms with Gasteiger partial charge >= 0.3 is 0 Å². The molecule has 0 spiro atoms. The van der Waals surface area contributed by atoms with Crippen LogP contribution in [0.5, 0.6) is 0 Å². The van der Waals surface area contributed by atoms with Crippen LogP contribution in [0.4, 0.5) is 0 Å². The van der Waals surface area contributed by atoms with Crippen LogP contribution < -0.4 is 5.32 Å². The van der Waals surface area contributed by atoms with Gasteiger partial charge in [-0.15, -0.1) is 6.58 Å². The summed E-state index contributed by atoms with van der Waals surface area (Å²) >= 11 is 0. The summed E-state index contributed by atoms with van der Waals surface area (Å²) in [5, 5.41) is 12.4. The zero-order valence-corrected chi connectivity index (χ0v) is 8.62. The van der Waals surface area contributed by atoms with Crippen molar-refractivity contribution in [1.82, 2.24) is 5.32 Å². The molecular weight excluding hydrogens is 166 g/mol. The molecule has 78 valence electrons. The number of nitrogens with one attached hydrogen (secondary N) is 1. The minimum atomic E-state index is -0.418. The first kappa shape index (κ1) is 12.6. The van der Waals surface area contributed by atoms with E-state index in [9.17, 15) is 5.11 Å². The highest BCUT2D eigenvalue weighted by Gasteiger charge is 2.03. The summed E-state index contributed by atoms with van der Waals surface area (Å²) in [5.41, 5.74) is 0. The predicted molar refractivity (Wildman–Crippen MR) is 54.7 cm³/mol. The van der Waals surface area contributed by atoms with Gasteiger partial charge in [0.15, 0.2) is 0 Å². The molecule has 1 unspecified atom stereocenters. The van der Waals surface area contributed by atoms with Gasteiger partial charge in [0.25, 0.3) is 0 Å². The fraction of sp³-hybridized carbons (Fsp3) is 0.800. The normalized spacial score (nSPS) is 13.2. The van der Waals surface area contributed by atoms with Crippen molar-refractivity contribution in [3.8, 4) is 0 Å². The van der Waals surface area contributed by atoms with Crippen molar-refractivity contribution in [1.29, 1.82) is 0 Å². The van der Waals surface area contributed by atoms with Crippen LogP contribution in [0, 0.1) is 5.92 Å². The predicted octanol–water partition coefficient (Wildman–Crippen LogP) is 0.795. The average molecular weight is 187 g/mol. The summed E-state index contributed by atoms with van der Waals surface area (Å²) in [4.78, 5) is 0. The average Bonchev–Trinajstić information content (AvgIpc) is 2.04. The fourth-order valence-electron chi connectivity index (χ4n) is 0.851. The second-order valence-corrected chi connectivity index (χ2v) is 3.53. The SMILES string of the molecule is C=CCNCC(O)COCC(C)C. The summed E-state index contributed by atoms with van der Waals surface area (Å²) in [6, 6.07) is 0. The lowest BCUT2D eigenvalue weighted by molar-refractivity contribution is 0.0266. The molecular formula is C10H21NO2. The van der Waals surface area contributed by atoms with E-state index in [0.29, 0.717) is 25.7 Å². The number of ether oxygens (including phenoxy) is 1. The Morgan fingerprint density at radius 1 is 1.46 bits per heavy atom. The molecule has 0 amide bonds. The van der Waals surface area contributed by atoms with E-state index < -0.39 is 6.10 Å². The van der Waals surface area contributed by atoms with E-state index in [-0.39, 0.29) is 0 Å². The molecule has 0 aromatic heterocycles. The van der Waals surface area contributed by atoms with E-state index >= 15 is 0 Å². The first-order valence-corrected chi connectivity index (χ1v) is 4.74. The smallest absolute Gasteiger partial charge is 0.0897 e. The molecule has 0 aliphatic heterocycles. The summed E-state index contributed by atoms with van der Waals surface area (Å²) in [6.45, 7) is 10.1. The molecule has 13 heavy (non-hydrogen) atoms.